The molecule has 0 N–H and O–H groups in total. The maximum atomic E-state index is 8.45. The SMILES string of the molecule is CC(C)(C#CI)N=CC(C#N)C#N. The molecule has 0 spiro atoms. The summed E-state index contributed by atoms with van der Waals surface area (Å²) in [5, 5.41) is 16.9. The Kier molecular flexibility index (Phi) is 5.11. The van der Waals surface area contributed by atoms with Crippen molar-refractivity contribution in [2.75, 3.05) is 0 Å². The average Bonchev–Trinajstić information content (AvgIpc) is 2.06. The second-order valence-corrected chi connectivity index (χ2v) is 3.33. The van der Waals surface area contributed by atoms with Crippen molar-refractivity contribution in [2.24, 2.45) is 10.9 Å². The van der Waals surface area contributed by atoms with Crippen molar-refractivity contribution in [3.05, 3.63) is 0 Å². The number of hydrogen-bond donors (Lipinski definition) is 0. The van der Waals surface area contributed by atoms with Gasteiger partial charge in [0.25, 0.3) is 0 Å². The molecule has 13 heavy (non-hydrogen) atoms. The lowest BCUT2D eigenvalue weighted by Crippen LogP contribution is -2.14. The van der Waals surface area contributed by atoms with Crippen LogP contribution in [0.1, 0.15) is 13.8 Å². The monoisotopic (exact) mass is 285 g/mol. The molecule has 0 atom stereocenters. The second kappa shape index (κ2) is 5.56. The van der Waals surface area contributed by atoms with Crippen LogP contribution in [0.15, 0.2) is 4.99 Å². The second-order valence-electron chi connectivity index (χ2n) is 2.79. The fourth-order valence-electron chi connectivity index (χ4n) is 0.504. The first-order valence-electron chi connectivity index (χ1n) is 3.53. The zero-order valence-electron chi connectivity index (χ0n) is 7.37. The van der Waals surface area contributed by atoms with Crippen LogP contribution in [-0.2, 0) is 0 Å². The summed E-state index contributed by atoms with van der Waals surface area (Å²) in [5.41, 5.74) is -0.521. The van der Waals surface area contributed by atoms with E-state index in [0.717, 1.165) is 0 Å². The molecule has 0 unspecified atom stereocenters. The van der Waals surface area contributed by atoms with E-state index >= 15 is 0 Å². The molecule has 0 aliphatic heterocycles. The minimum Gasteiger partial charge on any atom is -0.276 e. The molecule has 3 nitrogen and oxygen atoms in total. The highest BCUT2D eigenvalue weighted by Gasteiger charge is 2.11. The Balaban J connectivity index is 4.51. The van der Waals surface area contributed by atoms with Gasteiger partial charge in [-0.2, -0.15) is 10.5 Å². The lowest BCUT2D eigenvalue weighted by Gasteiger charge is -2.09. The third kappa shape index (κ3) is 5.22. The lowest BCUT2D eigenvalue weighted by molar-refractivity contribution is 0.685. The molecule has 0 saturated carbocycles. The van der Waals surface area contributed by atoms with Crippen LogP contribution >= 0.6 is 22.6 Å². The molecule has 0 saturated heterocycles. The van der Waals surface area contributed by atoms with E-state index in [4.69, 9.17) is 10.5 Å². The van der Waals surface area contributed by atoms with E-state index in [1.807, 2.05) is 36.4 Å². The van der Waals surface area contributed by atoms with Crippen molar-refractivity contribution in [3.63, 3.8) is 0 Å². The van der Waals surface area contributed by atoms with Gasteiger partial charge in [0.15, 0.2) is 5.92 Å². The molecule has 4 heteroatoms. The van der Waals surface area contributed by atoms with Crippen molar-refractivity contribution in [1.29, 1.82) is 10.5 Å². The predicted octanol–water partition coefficient (Wildman–Crippen LogP) is 1.90. The van der Waals surface area contributed by atoms with Crippen LogP contribution < -0.4 is 0 Å². The quantitative estimate of drug-likeness (QED) is 0.442. The highest BCUT2D eigenvalue weighted by molar-refractivity contribution is 14.1. The van der Waals surface area contributed by atoms with Crippen LogP contribution in [0.3, 0.4) is 0 Å². The van der Waals surface area contributed by atoms with Crippen LogP contribution in [0.5, 0.6) is 0 Å². The zero-order valence-corrected chi connectivity index (χ0v) is 9.53. The Hall–Kier alpha value is -1.06. The summed E-state index contributed by atoms with van der Waals surface area (Å²) in [6.45, 7) is 3.64. The molecule has 0 amide bonds. The highest BCUT2D eigenvalue weighted by atomic mass is 127. The number of nitrogens with zero attached hydrogens (tertiary/aromatic N) is 3. The summed E-state index contributed by atoms with van der Waals surface area (Å²) in [7, 11) is 0. The van der Waals surface area contributed by atoms with Gasteiger partial charge >= 0.3 is 0 Å². The largest absolute Gasteiger partial charge is 0.276 e. The van der Waals surface area contributed by atoms with Crippen molar-refractivity contribution in [1.82, 2.24) is 0 Å². The zero-order chi connectivity index (χ0) is 10.3. The summed E-state index contributed by atoms with van der Waals surface area (Å²) in [6.07, 6.45) is 1.33. The third-order valence-corrected chi connectivity index (χ3v) is 1.45. The van der Waals surface area contributed by atoms with E-state index in [1.54, 1.807) is 12.1 Å². The van der Waals surface area contributed by atoms with Gasteiger partial charge in [-0.25, -0.2) is 0 Å². The molecule has 0 aliphatic rings. The standard InChI is InChI=1S/C9H8IN3/c1-9(2,3-4-10)13-7-8(5-11)6-12/h7-8H,1-2H3. The maximum Gasteiger partial charge on any atom is 0.167 e. The molecule has 0 aliphatic carbocycles. The Morgan fingerprint density at radius 1 is 1.38 bits per heavy atom. The number of nitriles is 2. The Morgan fingerprint density at radius 2 is 1.92 bits per heavy atom. The van der Waals surface area contributed by atoms with Gasteiger partial charge in [-0.3, -0.25) is 4.99 Å². The molecule has 0 bridgehead atoms. The van der Waals surface area contributed by atoms with Crippen LogP contribution in [0.4, 0.5) is 0 Å². The van der Waals surface area contributed by atoms with Gasteiger partial charge in [0.2, 0.25) is 0 Å². The maximum absolute atomic E-state index is 8.45. The first-order valence-corrected chi connectivity index (χ1v) is 4.61. The van der Waals surface area contributed by atoms with Crippen molar-refractivity contribution < 1.29 is 0 Å². The van der Waals surface area contributed by atoms with Crippen LogP contribution in [-0.4, -0.2) is 11.8 Å². The molecule has 0 heterocycles. The van der Waals surface area contributed by atoms with Gasteiger partial charge in [-0.15, -0.1) is 0 Å². The first-order chi connectivity index (χ1) is 6.05. The summed E-state index contributed by atoms with van der Waals surface area (Å²) < 4.78 is 2.71. The van der Waals surface area contributed by atoms with E-state index in [2.05, 4.69) is 14.8 Å². The number of hydrogen-bond acceptors (Lipinski definition) is 3. The van der Waals surface area contributed by atoms with E-state index < -0.39 is 11.5 Å². The minimum absolute atomic E-state index is 0.521. The number of aliphatic imine (C=N–C) groups is 1. The third-order valence-electron chi connectivity index (χ3n) is 1.18. The molecule has 66 valence electrons. The van der Waals surface area contributed by atoms with Crippen LogP contribution in [0.25, 0.3) is 0 Å². The topological polar surface area (TPSA) is 59.9 Å². The normalized spacial score (nSPS) is 10.3. The van der Waals surface area contributed by atoms with Crippen molar-refractivity contribution in [2.45, 2.75) is 19.4 Å². The van der Waals surface area contributed by atoms with E-state index in [1.165, 1.54) is 6.21 Å². The van der Waals surface area contributed by atoms with Gasteiger partial charge in [0.05, 0.1) is 12.1 Å². The minimum atomic E-state index is -0.782. The molecule has 0 rings (SSSR count). The Labute approximate surface area is 91.6 Å². The molecule has 0 aromatic carbocycles. The van der Waals surface area contributed by atoms with Gasteiger partial charge in [-0.05, 0) is 17.8 Å². The van der Waals surface area contributed by atoms with Gasteiger partial charge in [0, 0.05) is 28.8 Å². The molecule has 0 fully saturated rings. The summed E-state index contributed by atoms with van der Waals surface area (Å²) in [6, 6.07) is 3.61. The summed E-state index contributed by atoms with van der Waals surface area (Å²) in [4.78, 5) is 4.04. The molecule has 0 aromatic rings. The van der Waals surface area contributed by atoms with Gasteiger partial charge in [-0.1, -0.05) is 5.92 Å². The first kappa shape index (κ1) is 11.9. The molecular formula is C9H8IN3. The Bertz CT molecular complexity index is 319. The van der Waals surface area contributed by atoms with E-state index in [9.17, 15) is 0 Å². The smallest absolute Gasteiger partial charge is 0.167 e. The van der Waals surface area contributed by atoms with E-state index in [-0.39, 0.29) is 0 Å². The average molecular weight is 285 g/mol. The van der Waals surface area contributed by atoms with Crippen molar-refractivity contribution >= 4 is 28.8 Å². The van der Waals surface area contributed by atoms with Crippen LogP contribution in [0, 0.1) is 38.4 Å². The van der Waals surface area contributed by atoms with Crippen LogP contribution in [0.2, 0.25) is 0 Å². The predicted molar refractivity (Wildman–Crippen MR) is 59.1 cm³/mol. The molecular weight excluding hydrogens is 277 g/mol. The van der Waals surface area contributed by atoms with Gasteiger partial charge < -0.3 is 0 Å². The van der Waals surface area contributed by atoms with E-state index in [0.29, 0.717) is 0 Å². The fourth-order valence-corrected chi connectivity index (χ4v) is 1.16. The summed E-state index contributed by atoms with van der Waals surface area (Å²) in [5.74, 6) is 2.06. The van der Waals surface area contributed by atoms with Gasteiger partial charge in [0.1, 0.15) is 5.54 Å². The Morgan fingerprint density at radius 3 is 2.31 bits per heavy atom. The fraction of sp³-hybridized carbons (Fsp3) is 0.444. The molecule has 0 radical (unpaired) electrons. The summed E-state index contributed by atoms with van der Waals surface area (Å²) >= 11 is 1.92. The highest BCUT2D eigenvalue weighted by Crippen LogP contribution is 2.07. The van der Waals surface area contributed by atoms with Crippen molar-refractivity contribution in [3.8, 4) is 22.0 Å². The number of rotatable bonds is 2. The molecule has 0 aromatic heterocycles. The number of halogens is 1. The lowest BCUT2D eigenvalue weighted by atomic mass is 10.1.